The van der Waals surface area contributed by atoms with E-state index >= 15 is 0 Å². The Labute approximate surface area is 129 Å². The van der Waals surface area contributed by atoms with Gasteiger partial charge >= 0.3 is 0 Å². The van der Waals surface area contributed by atoms with E-state index in [0.717, 1.165) is 11.0 Å². The molecule has 0 aromatic heterocycles. The van der Waals surface area contributed by atoms with Crippen LogP contribution in [0.1, 0.15) is 19.4 Å². The summed E-state index contributed by atoms with van der Waals surface area (Å²) >= 11 is 3.56. The van der Waals surface area contributed by atoms with E-state index < -0.39 is 0 Å². The third-order valence-electron chi connectivity index (χ3n) is 3.25. The summed E-state index contributed by atoms with van der Waals surface area (Å²) in [6.07, 6.45) is 0. The number of halogens is 1. The highest BCUT2D eigenvalue weighted by Crippen LogP contribution is 2.29. The number of anilines is 2. The van der Waals surface area contributed by atoms with Gasteiger partial charge in [-0.15, -0.1) is 0 Å². The van der Waals surface area contributed by atoms with Crippen molar-refractivity contribution in [3.8, 4) is 0 Å². The molecule has 0 amide bonds. The summed E-state index contributed by atoms with van der Waals surface area (Å²) in [6, 6.07) is 17.3. The molecule has 0 unspecified atom stereocenters. The molecule has 0 saturated heterocycles. The number of nitrogens with one attached hydrogen (secondary N) is 1. The van der Waals surface area contributed by atoms with Crippen LogP contribution in [0.3, 0.4) is 0 Å². The Kier molecular flexibility index (Phi) is 5.21. The first-order valence-electron chi connectivity index (χ1n) is 6.88. The number of benzene rings is 2. The Morgan fingerprint density at radius 3 is 2.45 bits per heavy atom. The topological polar surface area (TPSA) is 15.3 Å². The van der Waals surface area contributed by atoms with E-state index in [1.54, 1.807) is 0 Å². The third kappa shape index (κ3) is 3.84. The highest BCUT2D eigenvalue weighted by atomic mass is 79.9. The number of nitrogens with zero attached hydrogens (tertiary/aromatic N) is 1. The molecule has 3 heteroatoms. The molecule has 0 atom stereocenters. The van der Waals surface area contributed by atoms with Crippen molar-refractivity contribution in [2.45, 2.75) is 26.4 Å². The average molecular weight is 333 g/mol. The van der Waals surface area contributed by atoms with Gasteiger partial charge in [0.15, 0.2) is 0 Å². The summed E-state index contributed by atoms with van der Waals surface area (Å²) in [5.41, 5.74) is 3.72. The lowest BCUT2D eigenvalue weighted by molar-refractivity contribution is 0.589. The Balaban J connectivity index is 2.30. The number of hydrogen-bond donors (Lipinski definition) is 1. The summed E-state index contributed by atoms with van der Waals surface area (Å²) < 4.78 is 1.11. The summed E-state index contributed by atoms with van der Waals surface area (Å²) in [6.45, 7) is 5.20. The van der Waals surface area contributed by atoms with Gasteiger partial charge in [-0.2, -0.15) is 0 Å². The molecule has 0 bridgehead atoms. The molecule has 20 heavy (non-hydrogen) atoms. The van der Waals surface area contributed by atoms with Crippen LogP contribution in [0, 0.1) is 0 Å². The van der Waals surface area contributed by atoms with Crippen molar-refractivity contribution in [1.82, 2.24) is 5.32 Å². The molecule has 0 heterocycles. The fraction of sp³-hybridized carbons (Fsp3) is 0.294. The minimum atomic E-state index is 0.476. The lowest BCUT2D eigenvalue weighted by Crippen LogP contribution is -2.23. The van der Waals surface area contributed by atoms with Gasteiger partial charge in [0.05, 0.1) is 0 Å². The molecular weight excluding hydrogens is 312 g/mol. The van der Waals surface area contributed by atoms with Crippen LogP contribution in [0.15, 0.2) is 53.0 Å². The highest BCUT2D eigenvalue weighted by molar-refractivity contribution is 9.10. The predicted octanol–water partition coefficient (Wildman–Crippen LogP) is 4.72. The Bertz CT molecular complexity index is 552. The van der Waals surface area contributed by atoms with Gasteiger partial charge in [0.2, 0.25) is 0 Å². The maximum Gasteiger partial charge on any atom is 0.0454 e. The molecule has 2 aromatic carbocycles. The smallest absolute Gasteiger partial charge is 0.0454 e. The first-order valence-corrected chi connectivity index (χ1v) is 7.68. The van der Waals surface area contributed by atoms with Crippen LogP contribution < -0.4 is 10.2 Å². The van der Waals surface area contributed by atoms with E-state index in [1.165, 1.54) is 16.9 Å². The van der Waals surface area contributed by atoms with Gasteiger partial charge in [0.25, 0.3) is 0 Å². The number of rotatable bonds is 5. The molecule has 0 fully saturated rings. The van der Waals surface area contributed by atoms with Gasteiger partial charge in [-0.1, -0.05) is 48.0 Å². The monoisotopic (exact) mass is 332 g/mol. The Hall–Kier alpha value is -1.32. The molecule has 0 aliphatic heterocycles. The summed E-state index contributed by atoms with van der Waals surface area (Å²) in [5.74, 6) is 0. The van der Waals surface area contributed by atoms with Gasteiger partial charge in [-0.05, 0) is 35.9 Å². The minimum absolute atomic E-state index is 0.476. The zero-order valence-corrected chi connectivity index (χ0v) is 13.8. The van der Waals surface area contributed by atoms with E-state index in [9.17, 15) is 0 Å². The van der Waals surface area contributed by atoms with Crippen molar-refractivity contribution in [3.63, 3.8) is 0 Å². The lowest BCUT2D eigenvalue weighted by Gasteiger charge is -2.23. The van der Waals surface area contributed by atoms with Crippen LogP contribution in [0.4, 0.5) is 11.4 Å². The van der Waals surface area contributed by atoms with Crippen LogP contribution in [0.2, 0.25) is 0 Å². The Morgan fingerprint density at radius 2 is 1.80 bits per heavy atom. The SMILES string of the molecule is CC(C)NCc1cc(Br)ccc1N(C)c1ccccc1. The van der Waals surface area contributed by atoms with Crippen LogP contribution in [0.5, 0.6) is 0 Å². The van der Waals surface area contributed by atoms with E-state index in [4.69, 9.17) is 0 Å². The quantitative estimate of drug-likeness (QED) is 0.852. The maximum absolute atomic E-state index is 3.56. The fourth-order valence-electron chi connectivity index (χ4n) is 2.13. The van der Waals surface area contributed by atoms with E-state index in [0.29, 0.717) is 6.04 Å². The van der Waals surface area contributed by atoms with Crippen LogP contribution >= 0.6 is 15.9 Å². The van der Waals surface area contributed by atoms with Gasteiger partial charge in [-0.25, -0.2) is 0 Å². The van der Waals surface area contributed by atoms with Crippen LogP contribution in [0.25, 0.3) is 0 Å². The van der Waals surface area contributed by atoms with Crippen molar-refractivity contribution < 1.29 is 0 Å². The van der Waals surface area contributed by atoms with Crippen LogP contribution in [-0.2, 0) is 6.54 Å². The summed E-state index contributed by atoms with van der Waals surface area (Å²) in [7, 11) is 2.11. The normalized spacial score (nSPS) is 10.8. The zero-order chi connectivity index (χ0) is 14.5. The van der Waals surface area contributed by atoms with Crippen molar-refractivity contribution in [3.05, 3.63) is 58.6 Å². The molecule has 0 saturated carbocycles. The van der Waals surface area contributed by atoms with Gasteiger partial charge in [0, 0.05) is 35.5 Å². The zero-order valence-electron chi connectivity index (χ0n) is 12.2. The van der Waals surface area contributed by atoms with Gasteiger partial charge < -0.3 is 10.2 Å². The van der Waals surface area contributed by atoms with Crippen LogP contribution in [-0.4, -0.2) is 13.1 Å². The largest absolute Gasteiger partial charge is 0.344 e. The number of para-hydroxylation sites is 1. The second-order valence-corrected chi connectivity index (χ2v) is 6.12. The van der Waals surface area contributed by atoms with Gasteiger partial charge in [-0.3, -0.25) is 0 Å². The van der Waals surface area contributed by atoms with Crippen molar-refractivity contribution >= 4 is 27.3 Å². The van der Waals surface area contributed by atoms with Gasteiger partial charge in [0.1, 0.15) is 0 Å². The van der Waals surface area contributed by atoms with Crippen molar-refractivity contribution in [1.29, 1.82) is 0 Å². The standard InChI is InChI=1S/C17H21BrN2/c1-13(2)19-12-14-11-15(18)9-10-17(14)20(3)16-7-5-4-6-8-16/h4-11,13,19H,12H2,1-3H3. The molecule has 0 aliphatic carbocycles. The molecular formula is C17H21BrN2. The molecule has 0 radical (unpaired) electrons. The molecule has 0 aliphatic rings. The Morgan fingerprint density at radius 1 is 1.10 bits per heavy atom. The predicted molar refractivity (Wildman–Crippen MR) is 90.6 cm³/mol. The number of hydrogen-bond acceptors (Lipinski definition) is 2. The summed E-state index contributed by atoms with van der Waals surface area (Å²) in [4.78, 5) is 2.23. The van der Waals surface area contributed by atoms with E-state index in [-0.39, 0.29) is 0 Å². The van der Waals surface area contributed by atoms with Crippen molar-refractivity contribution in [2.75, 3.05) is 11.9 Å². The second kappa shape index (κ2) is 6.91. The first kappa shape index (κ1) is 15.1. The van der Waals surface area contributed by atoms with Crippen molar-refractivity contribution in [2.24, 2.45) is 0 Å². The third-order valence-corrected chi connectivity index (χ3v) is 3.74. The molecule has 2 aromatic rings. The second-order valence-electron chi connectivity index (χ2n) is 5.20. The van der Waals surface area contributed by atoms with E-state index in [2.05, 4.69) is 89.5 Å². The van der Waals surface area contributed by atoms with E-state index in [1.807, 2.05) is 6.07 Å². The highest BCUT2D eigenvalue weighted by Gasteiger charge is 2.10. The average Bonchev–Trinajstić information content (AvgIpc) is 2.45. The molecule has 0 spiro atoms. The molecule has 106 valence electrons. The fourth-order valence-corrected chi connectivity index (χ4v) is 2.54. The molecule has 2 nitrogen and oxygen atoms in total. The minimum Gasteiger partial charge on any atom is -0.344 e. The molecule has 1 N–H and O–H groups in total. The maximum atomic E-state index is 3.56. The lowest BCUT2D eigenvalue weighted by atomic mass is 10.1. The molecule has 2 rings (SSSR count). The first-order chi connectivity index (χ1) is 9.58. The summed E-state index contributed by atoms with van der Waals surface area (Å²) in [5, 5.41) is 3.49.